The Morgan fingerprint density at radius 3 is 1.59 bits per heavy atom. The molecule has 6 heterocycles. The number of halogens is 1. The Kier molecular flexibility index (Phi) is 13.5. The molecule has 0 spiro atoms. The number of carbonyl (C=O) groups is 4. The van der Waals surface area contributed by atoms with Crippen molar-refractivity contribution in [3.05, 3.63) is 83.2 Å². The fourth-order valence-corrected chi connectivity index (χ4v) is 10.7. The summed E-state index contributed by atoms with van der Waals surface area (Å²) in [5, 5.41) is 5.45. The third-order valence-electron chi connectivity index (χ3n) is 14.3. The normalized spacial score (nSPS) is 21.8. The SMILES string of the molecule is COC(=O)N[C@H](C(=O)N1CCC[C@H]1c1nc2cc([C@H]3CC[C@H](c4ccc5[nH]c([C@@H]6CCCN6C(=O)[C@@H](NC(=O)OC)C(C)C)nc5c4)N3c3ccc(N4CCOCC4)c(F)c3)ccc2[nH]1)C(C)C. The molecule has 0 unspecified atom stereocenters. The number of ether oxygens (including phenoxy) is 3. The maximum absolute atomic E-state index is 16.3. The van der Waals surface area contributed by atoms with Crippen molar-refractivity contribution in [2.75, 3.05) is 63.4 Å². The average molecular weight is 935 g/mol. The minimum Gasteiger partial charge on any atom is -0.453 e. The van der Waals surface area contributed by atoms with E-state index in [-0.39, 0.29) is 53.6 Å². The van der Waals surface area contributed by atoms with Crippen LogP contribution in [0.1, 0.15) is 113 Å². The van der Waals surface area contributed by atoms with Crippen LogP contribution in [0.2, 0.25) is 0 Å². The number of nitrogens with zero attached hydrogens (tertiary/aromatic N) is 6. The highest BCUT2D eigenvalue weighted by atomic mass is 19.1. The average Bonchev–Trinajstić information content (AvgIpc) is 4.20. The first-order valence-corrected chi connectivity index (χ1v) is 24.0. The van der Waals surface area contributed by atoms with Crippen molar-refractivity contribution in [1.29, 1.82) is 0 Å². The van der Waals surface area contributed by atoms with E-state index in [1.54, 1.807) is 6.07 Å². The highest BCUT2D eigenvalue weighted by Gasteiger charge is 2.41. The van der Waals surface area contributed by atoms with Crippen LogP contribution in [0.4, 0.5) is 25.4 Å². The van der Waals surface area contributed by atoms with Gasteiger partial charge < -0.3 is 54.4 Å². The van der Waals surface area contributed by atoms with Gasteiger partial charge in [-0.25, -0.2) is 23.9 Å². The van der Waals surface area contributed by atoms with Gasteiger partial charge in [-0.05, 0) is 104 Å². The van der Waals surface area contributed by atoms with Crippen molar-refractivity contribution in [3.8, 4) is 0 Å². The number of anilines is 2. The summed E-state index contributed by atoms with van der Waals surface area (Å²) in [7, 11) is 2.57. The summed E-state index contributed by atoms with van der Waals surface area (Å²) in [6, 6.07) is 15.8. The summed E-state index contributed by atoms with van der Waals surface area (Å²) in [5.41, 5.74) is 6.63. The molecule has 4 fully saturated rings. The van der Waals surface area contributed by atoms with E-state index in [9.17, 15) is 19.2 Å². The molecular formula is C50H63FN10O7. The van der Waals surface area contributed by atoms with Gasteiger partial charge in [0.2, 0.25) is 11.8 Å². The van der Waals surface area contributed by atoms with Crippen LogP contribution in [0.3, 0.4) is 0 Å². The predicted molar refractivity (Wildman–Crippen MR) is 255 cm³/mol. The molecule has 4 aliphatic rings. The van der Waals surface area contributed by atoms with Crippen molar-refractivity contribution in [1.82, 2.24) is 40.4 Å². The zero-order valence-electron chi connectivity index (χ0n) is 39.7. The Hall–Kier alpha value is -6.43. The Bertz CT molecular complexity index is 2520. The fraction of sp³-hybridized carbons (Fsp3) is 0.520. The van der Waals surface area contributed by atoms with Crippen LogP contribution < -0.4 is 20.4 Å². The second-order valence-corrected chi connectivity index (χ2v) is 19.1. The Morgan fingerprint density at radius 2 is 1.15 bits per heavy atom. The number of aromatic nitrogens is 4. The number of hydrogen-bond donors (Lipinski definition) is 4. The highest BCUT2D eigenvalue weighted by Crippen LogP contribution is 2.48. The van der Waals surface area contributed by atoms with E-state index in [0.29, 0.717) is 56.7 Å². The van der Waals surface area contributed by atoms with E-state index in [0.717, 1.165) is 77.4 Å². The third kappa shape index (κ3) is 9.13. The van der Waals surface area contributed by atoms with Crippen LogP contribution in [0.5, 0.6) is 0 Å². The van der Waals surface area contributed by atoms with E-state index < -0.39 is 24.3 Å². The summed E-state index contributed by atoms with van der Waals surface area (Å²) in [5.74, 6) is 0.465. The van der Waals surface area contributed by atoms with E-state index in [1.807, 2.05) is 66.7 Å². The number of amides is 4. The molecule has 0 radical (unpaired) electrons. The number of morpholine rings is 1. The van der Waals surface area contributed by atoms with Gasteiger partial charge >= 0.3 is 12.2 Å². The van der Waals surface area contributed by atoms with E-state index in [2.05, 4.69) is 49.8 Å². The van der Waals surface area contributed by atoms with Crippen LogP contribution in [0, 0.1) is 17.7 Å². The minimum absolute atomic E-state index is 0.130. The Balaban J connectivity index is 1.02. The summed E-state index contributed by atoms with van der Waals surface area (Å²) < 4.78 is 31.6. The quantitative estimate of drug-likeness (QED) is 0.0965. The van der Waals surface area contributed by atoms with E-state index in [4.69, 9.17) is 24.2 Å². The van der Waals surface area contributed by atoms with Crippen molar-refractivity contribution in [2.45, 2.75) is 102 Å². The Morgan fingerprint density at radius 1 is 0.662 bits per heavy atom. The molecule has 4 saturated heterocycles. The number of methoxy groups -OCH3 is 2. The summed E-state index contributed by atoms with van der Waals surface area (Å²) in [6.45, 7) is 11.0. The number of alkyl carbamates (subject to hydrolysis) is 2. The third-order valence-corrected chi connectivity index (χ3v) is 14.3. The lowest BCUT2D eigenvalue weighted by atomic mass is 10.0. The number of likely N-dealkylation sites (tertiary alicyclic amines) is 2. The molecule has 5 aromatic rings. The molecule has 362 valence electrons. The zero-order chi connectivity index (χ0) is 47.8. The molecule has 0 aliphatic carbocycles. The molecule has 4 aliphatic heterocycles. The topological polar surface area (TPSA) is 190 Å². The first-order valence-electron chi connectivity index (χ1n) is 24.0. The number of H-pyrrole nitrogens is 2. The number of benzene rings is 3. The van der Waals surface area contributed by atoms with Crippen LogP contribution in [0.15, 0.2) is 54.6 Å². The second-order valence-electron chi connectivity index (χ2n) is 19.1. The standard InChI is InChI=1S/C50H63FN10O7/c1-28(2)43(56-49(64)66-5)47(62)59-19-7-9-41(59)45-52-34-14-11-30(25-36(34)54-45)38-17-18-39(61(38)32-13-16-40(33(51)27-32)58-21-23-68-24-22-58)31-12-15-35-37(26-31)55-46(53-35)42-10-8-20-60(42)48(63)44(29(3)4)57-50(65)67-6/h11-16,25-29,38-39,41-44H,7-10,17-24H2,1-6H3,(H,52,54)(H,53,55)(H,56,64)(H,57,65)/t38-,39-,41+,42+,43+,44+/m1/s1. The maximum atomic E-state index is 16.3. The van der Waals surface area contributed by atoms with Gasteiger partial charge in [0.25, 0.3) is 0 Å². The van der Waals surface area contributed by atoms with Gasteiger partial charge in [-0.2, -0.15) is 0 Å². The molecular weight excluding hydrogens is 872 g/mol. The minimum atomic E-state index is -0.738. The lowest BCUT2D eigenvalue weighted by Gasteiger charge is -2.34. The van der Waals surface area contributed by atoms with Crippen LogP contribution in [-0.2, 0) is 23.8 Å². The summed E-state index contributed by atoms with van der Waals surface area (Å²) in [6.07, 6.45) is 3.36. The van der Waals surface area contributed by atoms with Gasteiger partial charge in [-0.1, -0.05) is 39.8 Å². The largest absolute Gasteiger partial charge is 0.453 e. The zero-order valence-corrected chi connectivity index (χ0v) is 39.7. The fourth-order valence-electron chi connectivity index (χ4n) is 10.7. The number of rotatable bonds is 12. The van der Waals surface area contributed by atoms with Gasteiger partial charge in [-0.15, -0.1) is 0 Å². The molecule has 17 nitrogen and oxygen atoms in total. The summed E-state index contributed by atoms with van der Waals surface area (Å²) >= 11 is 0. The number of carbonyl (C=O) groups excluding carboxylic acids is 4. The molecule has 0 bridgehead atoms. The van der Waals surface area contributed by atoms with Gasteiger partial charge in [0.05, 0.1) is 79.4 Å². The smallest absolute Gasteiger partial charge is 0.407 e. The second kappa shape index (κ2) is 19.7. The Labute approximate surface area is 395 Å². The molecule has 6 atom stereocenters. The van der Waals surface area contributed by atoms with Gasteiger partial charge in [0.1, 0.15) is 29.5 Å². The molecule has 3 aromatic carbocycles. The van der Waals surface area contributed by atoms with Crippen LogP contribution in [-0.4, -0.2) is 119 Å². The number of hydrogen-bond acceptors (Lipinski definition) is 11. The first-order chi connectivity index (χ1) is 32.8. The lowest BCUT2D eigenvalue weighted by molar-refractivity contribution is -0.136. The number of imidazole rings is 2. The predicted octanol–water partition coefficient (Wildman–Crippen LogP) is 7.59. The number of aromatic amines is 2. The van der Waals surface area contributed by atoms with Crippen molar-refractivity contribution in [3.63, 3.8) is 0 Å². The van der Waals surface area contributed by atoms with Crippen molar-refractivity contribution < 1.29 is 37.8 Å². The molecule has 4 amide bonds. The van der Waals surface area contributed by atoms with Crippen molar-refractivity contribution in [2.24, 2.45) is 11.8 Å². The van der Waals surface area contributed by atoms with Gasteiger partial charge in [0.15, 0.2) is 0 Å². The maximum Gasteiger partial charge on any atom is 0.407 e. The van der Waals surface area contributed by atoms with E-state index in [1.165, 1.54) is 14.2 Å². The molecule has 4 N–H and O–H groups in total. The lowest BCUT2D eigenvalue weighted by Crippen LogP contribution is -2.51. The van der Waals surface area contributed by atoms with Crippen molar-refractivity contribution >= 4 is 57.4 Å². The first kappa shape index (κ1) is 46.7. The molecule has 18 heteroatoms. The van der Waals surface area contributed by atoms with Gasteiger partial charge in [0, 0.05) is 31.9 Å². The van der Waals surface area contributed by atoms with Crippen LogP contribution >= 0.6 is 0 Å². The summed E-state index contributed by atoms with van der Waals surface area (Å²) in [4.78, 5) is 77.4. The molecule has 9 rings (SSSR count). The molecule has 2 aromatic heterocycles. The molecule has 0 saturated carbocycles. The number of fused-ring (bicyclic) bond motifs is 2. The monoisotopic (exact) mass is 934 g/mol. The van der Waals surface area contributed by atoms with Crippen LogP contribution in [0.25, 0.3) is 22.1 Å². The highest BCUT2D eigenvalue weighted by molar-refractivity contribution is 5.88. The number of nitrogens with one attached hydrogen (secondary N) is 4. The molecule has 68 heavy (non-hydrogen) atoms. The van der Waals surface area contributed by atoms with E-state index >= 15 is 4.39 Å². The van der Waals surface area contributed by atoms with Gasteiger partial charge in [-0.3, -0.25) is 9.59 Å².